The molecular formula is C9H11N3O2. The fraction of sp³-hybridized carbons (Fsp3) is 0.444. The van der Waals surface area contributed by atoms with E-state index in [1.807, 2.05) is 6.07 Å². The third kappa shape index (κ3) is 1.16. The van der Waals surface area contributed by atoms with Crippen LogP contribution in [0.5, 0.6) is 0 Å². The summed E-state index contributed by atoms with van der Waals surface area (Å²) in [4.78, 5) is 0. The van der Waals surface area contributed by atoms with Gasteiger partial charge >= 0.3 is 0 Å². The van der Waals surface area contributed by atoms with Crippen LogP contribution >= 0.6 is 0 Å². The largest absolute Gasteiger partial charge is 0.445 e. The molecule has 0 aromatic heterocycles. The smallest absolute Gasteiger partial charge is 0.208 e. The molecule has 0 aliphatic carbocycles. The van der Waals surface area contributed by atoms with Gasteiger partial charge in [-0.15, -0.1) is 0 Å². The lowest BCUT2D eigenvalue weighted by Crippen LogP contribution is -2.44. The zero-order valence-corrected chi connectivity index (χ0v) is 7.83. The van der Waals surface area contributed by atoms with E-state index in [4.69, 9.17) is 20.5 Å². The van der Waals surface area contributed by atoms with Gasteiger partial charge in [-0.05, 0) is 6.92 Å². The molecule has 0 amide bonds. The molecular weight excluding hydrogens is 182 g/mol. The van der Waals surface area contributed by atoms with E-state index < -0.39 is 5.72 Å². The molecule has 0 bridgehead atoms. The first-order valence-electron chi connectivity index (χ1n) is 4.34. The Bertz CT molecular complexity index is 359. The van der Waals surface area contributed by atoms with Crippen LogP contribution in [0.4, 0.5) is 0 Å². The van der Waals surface area contributed by atoms with E-state index in [1.165, 1.54) is 0 Å². The van der Waals surface area contributed by atoms with E-state index in [1.54, 1.807) is 13.0 Å². The van der Waals surface area contributed by atoms with E-state index in [9.17, 15) is 0 Å². The minimum absolute atomic E-state index is 0.113. The number of nitrogens with two attached hydrogens (primary N) is 1. The third-order valence-corrected chi connectivity index (χ3v) is 2.23. The van der Waals surface area contributed by atoms with E-state index in [2.05, 4.69) is 5.32 Å². The summed E-state index contributed by atoms with van der Waals surface area (Å²) >= 11 is 0. The summed E-state index contributed by atoms with van der Waals surface area (Å²) in [6.07, 6.45) is 1.73. The number of nitrogens with zero attached hydrogens (tertiary/aromatic N) is 1. The average Bonchev–Trinajstić information content (AvgIpc) is 2.53. The van der Waals surface area contributed by atoms with Crippen LogP contribution in [0.2, 0.25) is 0 Å². The minimum atomic E-state index is -0.860. The number of hydrogen-bond acceptors (Lipinski definition) is 5. The van der Waals surface area contributed by atoms with Gasteiger partial charge in [0.2, 0.25) is 5.88 Å². The normalized spacial score (nSPS) is 31.3. The lowest BCUT2D eigenvalue weighted by Gasteiger charge is -2.29. The van der Waals surface area contributed by atoms with Crippen molar-refractivity contribution in [3.05, 3.63) is 23.3 Å². The van der Waals surface area contributed by atoms with Crippen LogP contribution in [0.1, 0.15) is 6.92 Å². The van der Waals surface area contributed by atoms with Gasteiger partial charge in [0.15, 0.2) is 5.72 Å². The number of ether oxygens (including phenoxy) is 2. The maximum Gasteiger partial charge on any atom is 0.208 e. The second-order valence-electron chi connectivity index (χ2n) is 3.22. The molecule has 1 atom stereocenters. The Morgan fingerprint density at radius 2 is 2.50 bits per heavy atom. The van der Waals surface area contributed by atoms with Crippen molar-refractivity contribution >= 4 is 0 Å². The highest BCUT2D eigenvalue weighted by Crippen LogP contribution is 2.31. The maximum atomic E-state index is 8.96. The standard InChI is InChI=1S/C9H11N3O2/c1-6-4-9(12-2-3-13-9)7(5-10)8(11)14-6/h4,12H,2-3,11H2,1H3. The van der Waals surface area contributed by atoms with E-state index in [0.29, 0.717) is 24.5 Å². The average molecular weight is 193 g/mol. The summed E-state index contributed by atoms with van der Waals surface area (Å²) in [6.45, 7) is 3.02. The predicted octanol–water partition coefficient (Wildman–Crippen LogP) is -0.0696. The molecule has 14 heavy (non-hydrogen) atoms. The summed E-state index contributed by atoms with van der Waals surface area (Å²) in [6, 6.07) is 2.00. The van der Waals surface area contributed by atoms with Gasteiger partial charge in [-0.1, -0.05) is 0 Å². The van der Waals surface area contributed by atoms with Crippen molar-refractivity contribution in [3.8, 4) is 6.07 Å². The number of hydrogen-bond donors (Lipinski definition) is 2. The van der Waals surface area contributed by atoms with Crippen molar-refractivity contribution in [1.29, 1.82) is 5.26 Å². The van der Waals surface area contributed by atoms with Crippen LogP contribution in [-0.4, -0.2) is 18.9 Å². The van der Waals surface area contributed by atoms with E-state index in [0.717, 1.165) is 0 Å². The van der Waals surface area contributed by atoms with Gasteiger partial charge in [-0.2, -0.15) is 5.26 Å². The number of nitriles is 1. The van der Waals surface area contributed by atoms with Crippen LogP contribution in [0.25, 0.3) is 0 Å². The van der Waals surface area contributed by atoms with Gasteiger partial charge < -0.3 is 15.2 Å². The molecule has 3 N–H and O–H groups in total. The first-order chi connectivity index (χ1) is 6.68. The number of allylic oxidation sites excluding steroid dienone is 1. The van der Waals surface area contributed by atoms with Gasteiger partial charge in [0.1, 0.15) is 17.4 Å². The van der Waals surface area contributed by atoms with Gasteiger partial charge in [0, 0.05) is 12.6 Å². The fourth-order valence-electron chi connectivity index (χ4n) is 1.69. The quantitative estimate of drug-likeness (QED) is 0.563. The Morgan fingerprint density at radius 3 is 3.07 bits per heavy atom. The topological polar surface area (TPSA) is 80.3 Å². The molecule has 1 spiro atoms. The summed E-state index contributed by atoms with van der Waals surface area (Å²) in [5.41, 5.74) is 5.04. The van der Waals surface area contributed by atoms with Crippen LogP contribution < -0.4 is 11.1 Å². The van der Waals surface area contributed by atoms with Crippen molar-refractivity contribution in [3.63, 3.8) is 0 Å². The molecule has 5 heteroatoms. The van der Waals surface area contributed by atoms with Crippen molar-refractivity contribution < 1.29 is 9.47 Å². The summed E-state index contributed by atoms with van der Waals surface area (Å²) in [5.74, 6) is 0.748. The third-order valence-electron chi connectivity index (χ3n) is 2.23. The lowest BCUT2D eigenvalue weighted by molar-refractivity contribution is 0.0520. The molecule has 0 saturated carbocycles. The molecule has 1 unspecified atom stereocenters. The summed E-state index contributed by atoms with van der Waals surface area (Å²) < 4.78 is 10.7. The highest BCUT2D eigenvalue weighted by molar-refractivity contribution is 5.41. The van der Waals surface area contributed by atoms with Crippen molar-refractivity contribution in [2.45, 2.75) is 12.6 Å². The Labute approximate surface area is 81.8 Å². The highest BCUT2D eigenvalue weighted by Gasteiger charge is 2.42. The Morgan fingerprint density at radius 1 is 1.71 bits per heavy atom. The van der Waals surface area contributed by atoms with Gasteiger partial charge in [0.25, 0.3) is 0 Å². The number of nitrogens with one attached hydrogen (secondary N) is 1. The van der Waals surface area contributed by atoms with Crippen LogP contribution in [0, 0.1) is 11.3 Å². The van der Waals surface area contributed by atoms with E-state index in [-0.39, 0.29) is 5.88 Å². The Hall–Kier alpha value is -1.51. The van der Waals surface area contributed by atoms with Crippen molar-refractivity contribution in [2.75, 3.05) is 13.2 Å². The molecule has 2 heterocycles. The van der Waals surface area contributed by atoms with Crippen LogP contribution in [0.15, 0.2) is 23.3 Å². The molecule has 0 radical (unpaired) electrons. The van der Waals surface area contributed by atoms with Crippen LogP contribution in [-0.2, 0) is 9.47 Å². The minimum Gasteiger partial charge on any atom is -0.445 e. The molecule has 0 aromatic carbocycles. The second-order valence-corrected chi connectivity index (χ2v) is 3.22. The SMILES string of the molecule is CC1=CC2(NCCO2)C(C#N)=C(N)O1. The van der Waals surface area contributed by atoms with Crippen molar-refractivity contribution in [2.24, 2.45) is 5.73 Å². The molecule has 2 rings (SSSR count). The fourth-order valence-corrected chi connectivity index (χ4v) is 1.69. The van der Waals surface area contributed by atoms with Gasteiger partial charge in [-0.3, -0.25) is 5.32 Å². The monoisotopic (exact) mass is 193 g/mol. The summed E-state index contributed by atoms with van der Waals surface area (Å²) in [7, 11) is 0. The zero-order valence-electron chi connectivity index (χ0n) is 7.83. The maximum absolute atomic E-state index is 8.96. The Kier molecular flexibility index (Phi) is 1.95. The van der Waals surface area contributed by atoms with Crippen molar-refractivity contribution in [1.82, 2.24) is 5.32 Å². The first-order valence-corrected chi connectivity index (χ1v) is 4.34. The predicted molar refractivity (Wildman–Crippen MR) is 48.4 cm³/mol. The van der Waals surface area contributed by atoms with Crippen LogP contribution in [0.3, 0.4) is 0 Å². The molecule has 2 aliphatic rings. The van der Waals surface area contributed by atoms with Gasteiger partial charge in [-0.25, -0.2) is 0 Å². The highest BCUT2D eigenvalue weighted by atomic mass is 16.5. The zero-order chi connectivity index (χ0) is 10.2. The van der Waals surface area contributed by atoms with E-state index >= 15 is 0 Å². The lowest BCUT2D eigenvalue weighted by atomic mass is 10.0. The molecule has 2 aliphatic heterocycles. The molecule has 0 aromatic rings. The number of rotatable bonds is 0. The van der Waals surface area contributed by atoms with Gasteiger partial charge in [0.05, 0.1) is 6.61 Å². The Balaban J connectivity index is 2.46. The molecule has 5 nitrogen and oxygen atoms in total. The molecule has 74 valence electrons. The molecule has 1 saturated heterocycles. The molecule has 1 fully saturated rings. The first kappa shape index (κ1) is 9.06. The second kappa shape index (κ2) is 3.01. The summed E-state index contributed by atoms with van der Waals surface area (Å²) in [5, 5.41) is 12.1.